The minimum absolute atomic E-state index is 0.0343. The molecule has 0 saturated carbocycles. The molecule has 0 spiro atoms. The number of amides is 1. The Bertz CT molecular complexity index is 1020. The quantitative estimate of drug-likeness (QED) is 0.481. The number of nitrogens with two attached hydrogens (primary N) is 1. The van der Waals surface area contributed by atoms with Gasteiger partial charge >= 0.3 is 5.97 Å². The van der Waals surface area contributed by atoms with Crippen LogP contribution in [-0.4, -0.2) is 35.5 Å². The van der Waals surface area contributed by atoms with Gasteiger partial charge < -0.3 is 15.6 Å². The minimum Gasteiger partial charge on any atom is -0.498 e. The molecule has 0 radical (unpaired) electrons. The number of carboxylic acids is 1. The largest absolute Gasteiger partial charge is 0.498 e. The third-order valence-corrected chi connectivity index (χ3v) is 5.27. The summed E-state index contributed by atoms with van der Waals surface area (Å²) in [6.45, 7) is 3.83. The first-order chi connectivity index (χ1) is 14.2. The summed E-state index contributed by atoms with van der Waals surface area (Å²) < 4.78 is 5.67. The number of hydrogen-bond donors (Lipinski definition) is 3. The van der Waals surface area contributed by atoms with E-state index in [-0.39, 0.29) is 18.2 Å². The topological polar surface area (TPSA) is 117 Å². The summed E-state index contributed by atoms with van der Waals surface area (Å²) in [5.41, 5.74) is 8.15. The molecule has 1 aliphatic heterocycles. The lowest BCUT2D eigenvalue weighted by atomic mass is 9.97. The van der Waals surface area contributed by atoms with Crippen molar-refractivity contribution in [2.75, 3.05) is 12.0 Å². The standard InChI is InChI=1S/C23H25N3O4/c1-23(2)20(30-3)19(15-7-4-14(5-8-15)6-13-18(27)28)22(29)26(23)17-11-9-16(10-12-17)21(24)25/h4-5,7-12H,6,13H2,1-3H3,(H3,24,25)(H,27,28). The van der Waals surface area contributed by atoms with E-state index in [2.05, 4.69) is 0 Å². The van der Waals surface area contributed by atoms with Crippen LogP contribution in [0.5, 0.6) is 0 Å². The molecular weight excluding hydrogens is 382 g/mol. The summed E-state index contributed by atoms with van der Waals surface area (Å²) >= 11 is 0. The number of carboxylic acid groups (broad SMARTS) is 1. The molecule has 4 N–H and O–H groups in total. The van der Waals surface area contributed by atoms with Crippen molar-refractivity contribution >= 4 is 29.0 Å². The fraction of sp³-hybridized carbons (Fsp3) is 0.261. The number of ether oxygens (including phenoxy) is 1. The zero-order valence-electron chi connectivity index (χ0n) is 17.2. The average molecular weight is 407 g/mol. The van der Waals surface area contributed by atoms with Gasteiger partial charge in [0, 0.05) is 17.7 Å². The second-order valence-corrected chi connectivity index (χ2v) is 7.66. The molecule has 156 valence electrons. The number of methoxy groups -OCH3 is 1. The lowest BCUT2D eigenvalue weighted by Gasteiger charge is -2.33. The summed E-state index contributed by atoms with van der Waals surface area (Å²) in [5.74, 6) is -0.511. The SMILES string of the molecule is COC1=C(c2ccc(CCC(=O)O)cc2)C(=O)N(c2ccc(C(=N)N)cc2)C1(C)C. The second-order valence-electron chi connectivity index (χ2n) is 7.66. The van der Waals surface area contributed by atoms with Crippen LogP contribution in [0, 0.1) is 5.41 Å². The molecule has 7 nitrogen and oxygen atoms in total. The first kappa shape index (κ1) is 21.1. The Morgan fingerprint density at radius 2 is 1.73 bits per heavy atom. The zero-order chi connectivity index (χ0) is 22.1. The summed E-state index contributed by atoms with van der Waals surface area (Å²) in [4.78, 5) is 25.9. The van der Waals surface area contributed by atoms with Crippen LogP contribution in [0.3, 0.4) is 0 Å². The highest BCUT2D eigenvalue weighted by molar-refractivity contribution is 6.30. The molecule has 1 heterocycles. The number of carbonyl (C=O) groups is 2. The van der Waals surface area contributed by atoms with Gasteiger partial charge in [-0.05, 0) is 55.7 Å². The van der Waals surface area contributed by atoms with Crippen LogP contribution in [0.15, 0.2) is 54.3 Å². The highest BCUT2D eigenvalue weighted by Crippen LogP contribution is 2.43. The van der Waals surface area contributed by atoms with Crippen molar-refractivity contribution < 1.29 is 19.4 Å². The smallest absolute Gasteiger partial charge is 0.303 e. The number of aliphatic carboxylic acids is 1. The maximum Gasteiger partial charge on any atom is 0.303 e. The van der Waals surface area contributed by atoms with Gasteiger partial charge in [0.25, 0.3) is 5.91 Å². The molecular formula is C23H25N3O4. The molecule has 0 saturated heterocycles. The van der Waals surface area contributed by atoms with E-state index < -0.39 is 11.5 Å². The average Bonchev–Trinajstić information content (AvgIpc) is 2.91. The molecule has 2 aromatic rings. The fourth-order valence-electron chi connectivity index (χ4n) is 3.80. The molecule has 0 aliphatic carbocycles. The number of aryl methyl sites for hydroxylation is 1. The molecule has 0 atom stereocenters. The summed E-state index contributed by atoms with van der Waals surface area (Å²) in [6.07, 6.45) is 0.487. The van der Waals surface area contributed by atoms with E-state index in [0.29, 0.717) is 34.6 Å². The Morgan fingerprint density at radius 3 is 2.23 bits per heavy atom. The number of hydrogen-bond acceptors (Lipinski definition) is 4. The number of nitrogens with zero attached hydrogens (tertiary/aromatic N) is 1. The first-order valence-corrected chi connectivity index (χ1v) is 9.55. The van der Waals surface area contributed by atoms with Crippen molar-refractivity contribution in [2.45, 2.75) is 32.2 Å². The first-order valence-electron chi connectivity index (χ1n) is 9.55. The predicted molar refractivity (Wildman–Crippen MR) is 115 cm³/mol. The Labute approximate surface area is 175 Å². The van der Waals surface area contributed by atoms with Crippen LogP contribution in [0.1, 0.15) is 37.0 Å². The van der Waals surface area contributed by atoms with Gasteiger partial charge in [-0.2, -0.15) is 0 Å². The maximum absolute atomic E-state index is 13.5. The second kappa shape index (κ2) is 8.02. The van der Waals surface area contributed by atoms with Crippen molar-refractivity contribution in [3.8, 4) is 0 Å². The Kier molecular flexibility index (Phi) is 5.64. The number of nitrogen functional groups attached to an aromatic ring is 1. The van der Waals surface area contributed by atoms with Gasteiger partial charge in [0.15, 0.2) is 0 Å². The normalized spacial score (nSPS) is 15.4. The summed E-state index contributed by atoms with van der Waals surface area (Å²) in [7, 11) is 1.55. The lowest BCUT2D eigenvalue weighted by Crippen LogP contribution is -2.44. The van der Waals surface area contributed by atoms with Crippen LogP contribution in [0.2, 0.25) is 0 Å². The van der Waals surface area contributed by atoms with E-state index in [1.54, 1.807) is 36.3 Å². The van der Waals surface area contributed by atoms with E-state index in [1.807, 2.05) is 38.1 Å². The van der Waals surface area contributed by atoms with E-state index in [0.717, 1.165) is 5.56 Å². The Balaban J connectivity index is 1.97. The van der Waals surface area contributed by atoms with Crippen LogP contribution >= 0.6 is 0 Å². The van der Waals surface area contributed by atoms with Crippen molar-refractivity contribution in [3.63, 3.8) is 0 Å². The zero-order valence-corrected chi connectivity index (χ0v) is 17.2. The molecule has 0 fully saturated rings. The highest BCUT2D eigenvalue weighted by atomic mass is 16.5. The van der Waals surface area contributed by atoms with Crippen molar-refractivity contribution in [3.05, 3.63) is 71.0 Å². The monoisotopic (exact) mass is 407 g/mol. The number of benzene rings is 2. The molecule has 0 aromatic heterocycles. The van der Waals surface area contributed by atoms with E-state index >= 15 is 0 Å². The van der Waals surface area contributed by atoms with Crippen molar-refractivity contribution in [1.29, 1.82) is 5.41 Å². The third kappa shape index (κ3) is 3.78. The van der Waals surface area contributed by atoms with Gasteiger partial charge in [0.1, 0.15) is 17.1 Å². The van der Waals surface area contributed by atoms with Gasteiger partial charge in [0.05, 0.1) is 12.7 Å². The molecule has 0 bridgehead atoms. The molecule has 1 amide bonds. The van der Waals surface area contributed by atoms with Gasteiger partial charge in [0.2, 0.25) is 0 Å². The third-order valence-electron chi connectivity index (χ3n) is 5.27. The van der Waals surface area contributed by atoms with E-state index in [9.17, 15) is 9.59 Å². The number of rotatable bonds is 7. The van der Waals surface area contributed by atoms with Crippen molar-refractivity contribution in [2.24, 2.45) is 5.73 Å². The maximum atomic E-state index is 13.5. The number of anilines is 1. The number of nitrogens with one attached hydrogen (secondary N) is 1. The summed E-state index contributed by atoms with van der Waals surface area (Å²) in [5, 5.41) is 16.4. The van der Waals surface area contributed by atoms with Crippen LogP contribution < -0.4 is 10.6 Å². The molecule has 7 heteroatoms. The molecule has 3 rings (SSSR count). The van der Waals surface area contributed by atoms with Gasteiger partial charge in [-0.15, -0.1) is 0 Å². The van der Waals surface area contributed by atoms with Crippen molar-refractivity contribution in [1.82, 2.24) is 0 Å². The predicted octanol–water partition coefficient (Wildman–Crippen LogP) is 3.17. The van der Waals surface area contributed by atoms with Gasteiger partial charge in [-0.3, -0.25) is 19.9 Å². The molecule has 0 unspecified atom stereocenters. The van der Waals surface area contributed by atoms with Gasteiger partial charge in [-0.1, -0.05) is 24.3 Å². The number of amidine groups is 1. The summed E-state index contributed by atoms with van der Waals surface area (Å²) in [6, 6.07) is 14.3. The van der Waals surface area contributed by atoms with E-state index in [4.69, 9.17) is 21.0 Å². The fourth-order valence-corrected chi connectivity index (χ4v) is 3.80. The van der Waals surface area contributed by atoms with Crippen LogP contribution in [0.4, 0.5) is 5.69 Å². The van der Waals surface area contributed by atoms with Crippen LogP contribution in [0.25, 0.3) is 5.57 Å². The molecule has 2 aromatic carbocycles. The Morgan fingerprint density at radius 1 is 1.13 bits per heavy atom. The van der Waals surface area contributed by atoms with Gasteiger partial charge in [-0.25, -0.2) is 0 Å². The molecule has 1 aliphatic rings. The minimum atomic E-state index is -0.845. The van der Waals surface area contributed by atoms with Crippen LogP contribution in [-0.2, 0) is 20.7 Å². The highest BCUT2D eigenvalue weighted by Gasteiger charge is 2.47. The number of carbonyl (C=O) groups excluding carboxylic acids is 1. The lowest BCUT2D eigenvalue weighted by molar-refractivity contribution is -0.137. The Hall–Kier alpha value is -3.61. The van der Waals surface area contributed by atoms with E-state index in [1.165, 1.54) is 0 Å². The molecule has 30 heavy (non-hydrogen) atoms.